The molecule has 0 atom stereocenters. The molecule has 0 unspecified atom stereocenters. The molecule has 0 aliphatic carbocycles. The number of para-hydroxylation sites is 1. The van der Waals surface area contributed by atoms with Crippen LogP contribution in [0.5, 0.6) is 11.5 Å². The zero-order valence-corrected chi connectivity index (χ0v) is 19.9. The summed E-state index contributed by atoms with van der Waals surface area (Å²) in [6.07, 6.45) is 1.72. The van der Waals surface area contributed by atoms with Crippen LogP contribution in [0.1, 0.15) is 25.0 Å². The number of ether oxygens (including phenoxy) is 2. The van der Waals surface area contributed by atoms with E-state index in [0.29, 0.717) is 45.7 Å². The minimum Gasteiger partial charge on any atom is -0.490 e. The Morgan fingerprint density at radius 3 is 2.46 bits per heavy atom. The second-order valence-electron chi connectivity index (χ2n) is 7.67. The summed E-state index contributed by atoms with van der Waals surface area (Å²) in [5.74, 6) is 0.540. The second kappa shape index (κ2) is 10.4. The van der Waals surface area contributed by atoms with Gasteiger partial charge in [-0.2, -0.15) is 10.1 Å². The van der Waals surface area contributed by atoms with Crippen molar-refractivity contribution < 1.29 is 19.2 Å². The first kappa shape index (κ1) is 24.0. The number of carbonyl (C=O) groups is 1. The van der Waals surface area contributed by atoms with Crippen LogP contribution in [0.3, 0.4) is 0 Å². The minimum atomic E-state index is -0.456. The summed E-state index contributed by atoms with van der Waals surface area (Å²) in [4.78, 5) is 23.4. The van der Waals surface area contributed by atoms with Crippen LogP contribution in [0.2, 0.25) is 5.02 Å². The smallest absolute Gasteiger partial charge is 0.280 e. The van der Waals surface area contributed by atoms with Crippen LogP contribution in [0.25, 0.3) is 6.08 Å². The highest BCUT2D eigenvalue weighted by Crippen LogP contribution is 2.38. The first-order valence-corrected chi connectivity index (χ1v) is 11.2. The van der Waals surface area contributed by atoms with E-state index in [0.717, 1.165) is 5.56 Å². The maximum absolute atomic E-state index is 13.0. The molecule has 0 bridgehead atoms. The quantitative estimate of drug-likeness (QED) is 0.218. The molecule has 0 radical (unpaired) electrons. The van der Waals surface area contributed by atoms with Gasteiger partial charge in [-0.3, -0.25) is 14.9 Å². The van der Waals surface area contributed by atoms with Crippen molar-refractivity contribution >= 4 is 40.7 Å². The molecular formula is C26H22ClN3O5. The Morgan fingerprint density at radius 1 is 1.09 bits per heavy atom. The maximum atomic E-state index is 13.0. The maximum Gasteiger partial charge on any atom is 0.280 e. The molecule has 1 heterocycles. The fourth-order valence-corrected chi connectivity index (χ4v) is 3.81. The predicted octanol–water partition coefficient (Wildman–Crippen LogP) is 6.03. The first-order chi connectivity index (χ1) is 16.9. The lowest BCUT2D eigenvalue weighted by molar-refractivity contribution is -0.384. The third-order valence-corrected chi connectivity index (χ3v) is 5.52. The number of carbonyl (C=O) groups excluding carboxylic acids is 1. The Hall–Kier alpha value is -4.17. The van der Waals surface area contributed by atoms with Crippen LogP contribution in [-0.2, 0) is 11.4 Å². The van der Waals surface area contributed by atoms with Crippen LogP contribution in [-0.4, -0.2) is 23.1 Å². The van der Waals surface area contributed by atoms with E-state index < -0.39 is 4.92 Å². The minimum absolute atomic E-state index is 0.00491. The monoisotopic (exact) mass is 491 g/mol. The van der Waals surface area contributed by atoms with Crippen molar-refractivity contribution in [3.05, 3.63) is 98.6 Å². The molecule has 3 aromatic rings. The Morgan fingerprint density at radius 2 is 1.80 bits per heavy atom. The lowest BCUT2D eigenvalue weighted by Crippen LogP contribution is -2.21. The number of hydrogen-bond acceptors (Lipinski definition) is 6. The van der Waals surface area contributed by atoms with Gasteiger partial charge in [-0.05, 0) is 67.4 Å². The number of hydrazone groups is 1. The van der Waals surface area contributed by atoms with E-state index >= 15 is 0 Å². The average molecular weight is 492 g/mol. The second-order valence-corrected chi connectivity index (χ2v) is 8.08. The Labute approximate surface area is 207 Å². The summed E-state index contributed by atoms with van der Waals surface area (Å²) < 4.78 is 11.7. The van der Waals surface area contributed by atoms with E-state index in [2.05, 4.69) is 5.10 Å². The largest absolute Gasteiger partial charge is 0.490 e. The van der Waals surface area contributed by atoms with E-state index in [1.165, 1.54) is 17.1 Å². The molecule has 0 fully saturated rings. The molecule has 178 valence electrons. The molecule has 0 saturated carbocycles. The molecule has 3 aromatic carbocycles. The van der Waals surface area contributed by atoms with Gasteiger partial charge in [0.2, 0.25) is 0 Å². The van der Waals surface area contributed by atoms with Gasteiger partial charge in [-0.25, -0.2) is 0 Å². The fraction of sp³-hybridized carbons (Fsp3) is 0.154. The van der Waals surface area contributed by atoms with Crippen molar-refractivity contribution in [2.24, 2.45) is 5.10 Å². The predicted molar refractivity (Wildman–Crippen MR) is 135 cm³/mol. The molecule has 9 heteroatoms. The van der Waals surface area contributed by atoms with Gasteiger partial charge in [-0.1, -0.05) is 29.8 Å². The van der Waals surface area contributed by atoms with Gasteiger partial charge in [0.25, 0.3) is 11.6 Å². The first-order valence-electron chi connectivity index (χ1n) is 10.9. The zero-order valence-electron chi connectivity index (χ0n) is 19.1. The van der Waals surface area contributed by atoms with Gasteiger partial charge in [-0.15, -0.1) is 0 Å². The van der Waals surface area contributed by atoms with Crippen molar-refractivity contribution in [3.8, 4) is 11.5 Å². The van der Waals surface area contributed by atoms with Crippen LogP contribution >= 0.6 is 11.6 Å². The van der Waals surface area contributed by atoms with E-state index in [1.54, 1.807) is 37.3 Å². The van der Waals surface area contributed by atoms with Gasteiger partial charge in [0.05, 0.1) is 33.5 Å². The van der Waals surface area contributed by atoms with Crippen LogP contribution in [0.15, 0.2) is 77.4 Å². The molecule has 35 heavy (non-hydrogen) atoms. The van der Waals surface area contributed by atoms with Gasteiger partial charge in [0.15, 0.2) is 11.5 Å². The SMILES string of the molecule is CCOc1cc(/C=C2\C(=O)N(c3ccccc3)N=C2C)cc(Cl)c1OCc1ccc([N+](=O)[O-])cc1. The fourth-order valence-electron chi connectivity index (χ4n) is 3.54. The highest BCUT2D eigenvalue weighted by Gasteiger charge is 2.28. The van der Waals surface area contributed by atoms with Gasteiger partial charge in [0.1, 0.15) is 6.61 Å². The lowest BCUT2D eigenvalue weighted by Gasteiger charge is -2.15. The molecule has 0 aromatic heterocycles. The third kappa shape index (κ3) is 5.33. The third-order valence-electron chi connectivity index (χ3n) is 5.24. The molecule has 1 aliphatic heterocycles. The highest BCUT2D eigenvalue weighted by molar-refractivity contribution is 6.33. The van der Waals surface area contributed by atoms with Gasteiger partial charge < -0.3 is 9.47 Å². The number of nitro benzene ring substituents is 1. The van der Waals surface area contributed by atoms with E-state index in [4.69, 9.17) is 21.1 Å². The topological polar surface area (TPSA) is 94.3 Å². The van der Waals surface area contributed by atoms with E-state index in [9.17, 15) is 14.9 Å². The van der Waals surface area contributed by atoms with Crippen molar-refractivity contribution in [1.29, 1.82) is 0 Å². The number of benzene rings is 3. The van der Waals surface area contributed by atoms with Crippen molar-refractivity contribution in [1.82, 2.24) is 0 Å². The summed E-state index contributed by atoms with van der Waals surface area (Å²) in [7, 11) is 0. The Balaban J connectivity index is 1.58. The number of halogens is 1. The van der Waals surface area contributed by atoms with Gasteiger partial charge >= 0.3 is 0 Å². The standard InChI is InChI=1S/C26H22ClN3O5/c1-3-34-24-15-19(13-22-17(2)28-29(26(22)31)20-7-5-4-6-8-20)14-23(27)25(24)35-16-18-9-11-21(12-10-18)30(32)33/h4-15H,3,16H2,1-2H3/b22-13-. The summed E-state index contributed by atoms with van der Waals surface area (Å²) in [5, 5.41) is 16.9. The lowest BCUT2D eigenvalue weighted by atomic mass is 10.1. The number of amides is 1. The van der Waals surface area contributed by atoms with E-state index in [-0.39, 0.29) is 18.2 Å². The number of anilines is 1. The average Bonchev–Trinajstić information content (AvgIpc) is 3.13. The molecule has 4 rings (SSSR count). The van der Waals surface area contributed by atoms with Crippen LogP contribution < -0.4 is 14.5 Å². The molecule has 0 spiro atoms. The number of rotatable bonds is 8. The Bertz CT molecular complexity index is 1320. The van der Waals surface area contributed by atoms with Crippen molar-refractivity contribution in [3.63, 3.8) is 0 Å². The molecular weight excluding hydrogens is 470 g/mol. The molecule has 0 saturated heterocycles. The van der Waals surface area contributed by atoms with Crippen molar-refractivity contribution in [2.75, 3.05) is 11.6 Å². The number of non-ortho nitro benzene ring substituents is 1. The van der Waals surface area contributed by atoms with Crippen LogP contribution in [0, 0.1) is 10.1 Å². The molecule has 1 aliphatic rings. The summed E-state index contributed by atoms with van der Waals surface area (Å²) in [6, 6.07) is 18.7. The summed E-state index contributed by atoms with van der Waals surface area (Å²) >= 11 is 6.54. The van der Waals surface area contributed by atoms with E-state index in [1.807, 2.05) is 37.3 Å². The highest BCUT2D eigenvalue weighted by atomic mass is 35.5. The molecule has 1 amide bonds. The van der Waals surface area contributed by atoms with Crippen LogP contribution in [0.4, 0.5) is 11.4 Å². The zero-order chi connectivity index (χ0) is 24.9. The van der Waals surface area contributed by atoms with Gasteiger partial charge in [0, 0.05) is 12.1 Å². The normalized spacial score (nSPS) is 14.3. The number of nitro groups is 1. The summed E-state index contributed by atoms with van der Waals surface area (Å²) in [5.41, 5.74) is 3.13. The molecule has 8 nitrogen and oxygen atoms in total. The summed E-state index contributed by atoms with van der Waals surface area (Å²) in [6.45, 7) is 4.15. The number of hydrogen-bond donors (Lipinski definition) is 0. The Kier molecular flexibility index (Phi) is 7.12. The molecule has 0 N–H and O–H groups in total. The number of nitrogens with zero attached hydrogens (tertiary/aromatic N) is 3. The van der Waals surface area contributed by atoms with Crippen molar-refractivity contribution in [2.45, 2.75) is 20.5 Å².